The summed E-state index contributed by atoms with van der Waals surface area (Å²) >= 11 is 8.21. The van der Waals surface area contributed by atoms with Crippen molar-refractivity contribution in [3.63, 3.8) is 0 Å². The number of carbonyl (C=O) groups is 1. The number of benzene rings is 2. The molecule has 0 aliphatic rings. The molecule has 4 nitrogen and oxygen atoms in total. The molecule has 0 unspecified atom stereocenters. The van der Waals surface area contributed by atoms with Crippen molar-refractivity contribution in [2.45, 2.75) is 0 Å². The topological polar surface area (TPSA) is 63.3 Å². The maximum absolute atomic E-state index is 10.9. The second-order valence-corrected chi connectivity index (χ2v) is 5.70. The van der Waals surface area contributed by atoms with Gasteiger partial charge in [-0.05, 0) is 59.0 Å². The molecule has 3 rings (SSSR count). The average molecular weight is 400 g/mol. The van der Waals surface area contributed by atoms with E-state index in [1.807, 2.05) is 12.1 Å². The predicted molar refractivity (Wildman–Crippen MR) is 84.1 cm³/mol. The molecule has 0 spiro atoms. The van der Waals surface area contributed by atoms with Crippen LogP contribution in [0.1, 0.15) is 10.4 Å². The molecule has 0 saturated carbocycles. The fraction of sp³-hybridized carbons (Fsp3) is 0. The van der Waals surface area contributed by atoms with E-state index >= 15 is 0 Å². The van der Waals surface area contributed by atoms with Crippen molar-refractivity contribution in [3.8, 4) is 11.5 Å². The standard InChI is InChI=1S/C14H7ClINO3/c15-9-5-7(1-3-10(9)16)13-17-11-6-8(14(18)19)2-4-12(11)20-13/h1-6H,(H,18,19). The van der Waals surface area contributed by atoms with Crippen molar-refractivity contribution >= 4 is 51.3 Å². The van der Waals surface area contributed by atoms with E-state index in [9.17, 15) is 4.79 Å². The Morgan fingerprint density at radius 1 is 1.25 bits per heavy atom. The van der Waals surface area contributed by atoms with E-state index in [2.05, 4.69) is 27.6 Å². The molecule has 0 fully saturated rings. The molecule has 100 valence electrons. The molecular weight excluding hydrogens is 393 g/mol. The number of oxazole rings is 1. The highest BCUT2D eigenvalue weighted by Gasteiger charge is 2.12. The Labute approximate surface area is 132 Å². The molecular formula is C14H7ClINO3. The number of nitrogens with zero attached hydrogens (tertiary/aromatic N) is 1. The first-order valence-electron chi connectivity index (χ1n) is 5.64. The third-order valence-corrected chi connectivity index (χ3v) is 4.37. The lowest BCUT2D eigenvalue weighted by atomic mass is 10.2. The van der Waals surface area contributed by atoms with Gasteiger partial charge in [-0.15, -0.1) is 0 Å². The first-order valence-corrected chi connectivity index (χ1v) is 7.09. The van der Waals surface area contributed by atoms with Gasteiger partial charge in [0.1, 0.15) is 5.52 Å². The third-order valence-electron chi connectivity index (χ3n) is 2.80. The summed E-state index contributed by atoms with van der Waals surface area (Å²) in [5, 5.41) is 9.58. The summed E-state index contributed by atoms with van der Waals surface area (Å²) in [5.74, 6) is -0.574. The lowest BCUT2D eigenvalue weighted by Gasteiger charge is -1.98. The van der Waals surface area contributed by atoms with Crippen LogP contribution < -0.4 is 0 Å². The minimum absolute atomic E-state index is 0.179. The largest absolute Gasteiger partial charge is 0.478 e. The molecule has 6 heteroatoms. The van der Waals surface area contributed by atoms with Gasteiger partial charge >= 0.3 is 5.97 Å². The Morgan fingerprint density at radius 3 is 2.75 bits per heavy atom. The van der Waals surface area contributed by atoms with Crippen molar-refractivity contribution < 1.29 is 14.3 Å². The highest BCUT2D eigenvalue weighted by Crippen LogP contribution is 2.28. The molecule has 0 aliphatic carbocycles. The second kappa shape index (κ2) is 5.06. The van der Waals surface area contributed by atoms with E-state index in [1.54, 1.807) is 12.1 Å². The van der Waals surface area contributed by atoms with Crippen molar-refractivity contribution in [3.05, 3.63) is 50.6 Å². The number of hydrogen-bond acceptors (Lipinski definition) is 3. The van der Waals surface area contributed by atoms with Gasteiger partial charge in [0.15, 0.2) is 5.58 Å². The van der Waals surface area contributed by atoms with E-state index in [0.717, 1.165) is 9.13 Å². The Balaban J connectivity index is 2.12. The van der Waals surface area contributed by atoms with Gasteiger partial charge in [-0.3, -0.25) is 0 Å². The van der Waals surface area contributed by atoms with Gasteiger partial charge < -0.3 is 9.52 Å². The van der Waals surface area contributed by atoms with Gasteiger partial charge in [0.25, 0.3) is 0 Å². The zero-order valence-electron chi connectivity index (χ0n) is 9.93. The number of halogens is 2. The van der Waals surface area contributed by atoms with Gasteiger partial charge in [-0.25, -0.2) is 9.78 Å². The van der Waals surface area contributed by atoms with Crippen LogP contribution in [0.4, 0.5) is 0 Å². The molecule has 20 heavy (non-hydrogen) atoms. The number of fused-ring (bicyclic) bond motifs is 1. The lowest BCUT2D eigenvalue weighted by molar-refractivity contribution is 0.0697. The summed E-state index contributed by atoms with van der Waals surface area (Å²) in [6, 6.07) is 10.1. The SMILES string of the molecule is O=C(O)c1ccc2oc(-c3ccc(I)c(Cl)c3)nc2c1. The summed E-state index contributed by atoms with van der Waals surface area (Å²) in [4.78, 5) is 15.2. The fourth-order valence-electron chi connectivity index (χ4n) is 1.81. The van der Waals surface area contributed by atoms with Crippen LogP contribution in [-0.4, -0.2) is 16.1 Å². The van der Waals surface area contributed by atoms with E-state index in [-0.39, 0.29) is 5.56 Å². The van der Waals surface area contributed by atoms with Gasteiger partial charge in [0.2, 0.25) is 5.89 Å². The maximum Gasteiger partial charge on any atom is 0.335 e. The predicted octanol–water partition coefficient (Wildman–Crippen LogP) is 4.45. The summed E-state index contributed by atoms with van der Waals surface area (Å²) in [5.41, 5.74) is 1.98. The van der Waals surface area contributed by atoms with E-state index < -0.39 is 5.97 Å². The molecule has 1 heterocycles. The number of aromatic nitrogens is 1. The number of aromatic carboxylic acids is 1. The van der Waals surface area contributed by atoms with Gasteiger partial charge in [-0.2, -0.15) is 0 Å². The smallest absolute Gasteiger partial charge is 0.335 e. The molecule has 0 saturated heterocycles. The number of rotatable bonds is 2. The fourth-order valence-corrected chi connectivity index (χ4v) is 2.33. The van der Waals surface area contributed by atoms with Gasteiger partial charge in [0, 0.05) is 9.13 Å². The van der Waals surface area contributed by atoms with Crippen LogP contribution in [0.2, 0.25) is 5.02 Å². The molecule has 0 bridgehead atoms. The van der Waals surface area contributed by atoms with Crippen molar-refractivity contribution in [1.82, 2.24) is 4.98 Å². The Morgan fingerprint density at radius 2 is 2.05 bits per heavy atom. The van der Waals surface area contributed by atoms with Crippen LogP contribution in [0.3, 0.4) is 0 Å². The Bertz CT molecular complexity index is 828. The minimum atomic E-state index is -0.992. The Hall–Kier alpha value is -1.60. The normalized spacial score (nSPS) is 10.9. The van der Waals surface area contributed by atoms with Crippen LogP contribution in [0.15, 0.2) is 40.8 Å². The molecule has 0 radical (unpaired) electrons. The highest BCUT2D eigenvalue weighted by atomic mass is 127. The summed E-state index contributed by atoms with van der Waals surface area (Å²) in [6.45, 7) is 0. The lowest BCUT2D eigenvalue weighted by Crippen LogP contribution is -1.94. The summed E-state index contributed by atoms with van der Waals surface area (Å²) in [7, 11) is 0. The third kappa shape index (κ3) is 2.38. The molecule has 1 aromatic heterocycles. The molecule has 3 aromatic rings. The van der Waals surface area contributed by atoms with Crippen molar-refractivity contribution in [2.75, 3.05) is 0 Å². The maximum atomic E-state index is 10.9. The zero-order chi connectivity index (χ0) is 14.3. The van der Waals surface area contributed by atoms with Gasteiger partial charge in [0.05, 0.1) is 10.6 Å². The number of hydrogen-bond donors (Lipinski definition) is 1. The Kier molecular flexibility index (Phi) is 3.39. The molecule has 0 amide bonds. The minimum Gasteiger partial charge on any atom is -0.478 e. The van der Waals surface area contributed by atoms with Crippen LogP contribution in [0.25, 0.3) is 22.6 Å². The quantitative estimate of drug-likeness (QED) is 0.647. The van der Waals surface area contributed by atoms with E-state index in [4.69, 9.17) is 21.1 Å². The second-order valence-electron chi connectivity index (χ2n) is 4.14. The van der Waals surface area contributed by atoms with Crippen LogP contribution in [-0.2, 0) is 0 Å². The summed E-state index contributed by atoms with van der Waals surface area (Å²) < 4.78 is 6.56. The molecule has 1 N–H and O–H groups in total. The van der Waals surface area contributed by atoms with E-state index in [1.165, 1.54) is 12.1 Å². The van der Waals surface area contributed by atoms with Crippen LogP contribution >= 0.6 is 34.2 Å². The first kappa shape index (κ1) is 13.4. The number of carboxylic acids is 1. The van der Waals surface area contributed by atoms with Crippen LogP contribution in [0.5, 0.6) is 0 Å². The molecule has 0 aliphatic heterocycles. The van der Waals surface area contributed by atoms with E-state index in [0.29, 0.717) is 22.0 Å². The average Bonchev–Trinajstić information content (AvgIpc) is 2.84. The van der Waals surface area contributed by atoms with Crippen LogP contribution in [0, 0.1) is 3.57 Å². The van der Waals surface area contributed by atoms with Crippen molar-refractivity contribution in [1.29, 1.82) is 0 Å². The van der Waals surface area contributed by atoms with Gasteiger partial charge in [-0.1, -0.05) is 11.6 Å². The monoisotopic (exact) mass is 399 g/mol. The number of carboxylic acid groups (broad SMARTS) is 1. The van der Waals surface area contributed by atoms with Crippen molar-refractivity contribution in [2.24, 2.45) is 0 Å². The molecule has 2 aromatic carbocycles. The first-order chi connectivity index (χ1) is 9.54. The summed E-state index contributed by atoms with van der Waals surface area (Å²) in [6.07, 6.45) is 0. The zero-order valence-corrected chi connectivity index (χ0v) is 12.8. The molecule has 0 atom stereocenters. The highest BCUT2D eigenvalue weighted by molar-refractivity contribution is 14.1.